The Labute approximate surface area is 110 Å². The molecule has 2 N–H and O–H groups in total. The zero-order chi connectivity index (χ0) is 14.6. The summed E-state index contributed by atoms with van der Waals surface area (Å²) in [6.07, 6.45) is -2.25. The smallest absolute Gasteiger partial charge is 0.324 e. The Kier molecular flexibility index (Phi) is 5.35. The van der Waals surface area contributed by atoms with Crippen molar-refractivity contribution in [3.05, 3.63) is 35.1 Å². The van der Waals surface area contributed by atoms with Crippen molar-refractivity contribution in [1.29, 1.82) is 0 Å². The molecule has 1 nitrogen and oxygen atoms in total. The Balaban J connectivity index is 3.00. The maximum absolute atomic E-state index is 13.2. The van der Waals surface area contributed by atoms with Crippen LogP contribution in [0.3, 0.4) is 0 Å². The van der Waals surface area contributed by atoms with Crippen LogP contribution in [0, 0.1) is 11.7 Å². The SMILES string of the molecule is CCCC(C)CC(N)c1cc(F)ccc1C(F)(F)F. The Morgan fingerprint density at radius 3 is 2.42 bits per heavy atom. The van der Waals surface area contributed by atoms with Crippen molar-refractivity contribution in [1.82, 2.24) is 0 Å². The molecule has 5 heteroatoms. The molecule has 0 radical (unpaired) electrons. The molecule has 0 bridgehead atoms. The van der Waals surface area contributed by atoms with E-state index in [0.717, 1.165) is 31.0 Å². The summed E-state index contributed by atoms with van der Waals surface area (Å²) in [5.41, 5.74) is 4.83. The zero-order valence-corrected chi connectivity index (χ0v) is 11.1. The fraction of sp³-hybridized carbons (Fsp3) is 0.571. The molecule has 0 saturated heterocycles. The van der Waals surface area contributed by atoms with Gasteiger partial charge in [0.05, 0.1) is 5.56 Å². The monoisotopic (exact) mass is 277 g/mol. The summed E-state index contributed by atoms with van der Waals surface area (Å²) in [5, 5.41) is 0. The Morgan fingerprint density at radius 2 is 1.89 bits per heavy atom. The van der Waals surface area contributed by atoms with Gasteiger partial charge in [0.25, 0.3) is 0 Å². The van der Waals surface area contributed by atoms with Crippen LogP contribution in [0.1, 0.15) is 50.3 Å². The van der Waals surface area contributed by atoms with Crippen LogP contribution in [0.4, 0.5) is 17.6 Å². The van der Waals surface area contributed by atoms with Gasteiger partial charge < -0.3 is 5.73 Å². The molecule has 0 aliphatic carbocycles. The Bertz CT molecular complexity index is 414. The number of alkyl halides is 3. The number of nitrogens with two attached hydrogens (primary N) is 1. The molecule has 0 aromatic heterocycles. The maximum atomic E-state index is 13.2. The molecule has 0 spiro atoms. The second-order valence-electron chi connectivity index (χ2n) is 4.97. The summed E-state index contributed by atoms with van der Waals surface area (Å²) in [4.78, 5) is 0. The second kappa shape index (κ2) is 6.37. The Morgan fingerprint density at radius 1 is 1.26 bits per heavy atom. The fourth-order valence-electron chi connectivity index (χ4n) is 2.27. The van der Waals surface area contributed by atoms with Gasteiger partial charge in [0.1, 0.15) is 5.82 Å². The molecule has 0 aliphatic heterocycles. The van der Waals surface area contributed by atoms with Gasteiger partial charge in [-0.25, -0.2) is 4.39 Å². The van der Waals surface area contributed by atoms with E-state index in [1.807, 2.05) is 13.8 Å². The summed E-state index contributed by atoms with van der Waals surface area (Å²) in [5.74, 6) is -0.481. The van der Waals surface area contributed by atoms with Crippen molar-refractivity contribution >= 4 is 0 Å². The number of hydrogen-bond donors (Lipinski definition) is 1. The van der Waals surface area contributed by atoms with Gasteiger partial charge in [-0.1, -0.05) is 26.7 Å². The second-order valence-corrected chi connectivity index (χ2v) is 4.97. The number of benzene rings is 1. The van der Waals surface area contributed by atoms with Gasteiger partial charge >= 0.3 is 6.18 Å². The molecule has 0 heterocycles. The lowest BCUT2D eigenvalue weighted by atomic mass is 9.91. The third-order valence-corrected chi connectivity index (χ3v) is 3.16. The van der Waals surface area contributed by atoms with E-state index in [1.54, 1.807) is 0 Å². The summed E-state index contributed by atoms with van der Waals surface area (Å²) in [7, 11) is 0. The highest BCUT2D eigenvalue weighted by Crippen LogP contribution is 2.36. The first-order valence-corrected chi connectivity index (χ1v) is 6.38. The molecule has 108 valence electrons. The minimum absolute atomic E-state index is 0.157. The highest BCUT2D eigenvalue weighted by atomic mass is 19.4. The van der Waals surface area contributed by atoms with Gasteiger partial charge in [-0.2, -0.15) is 13.2 Å². The van der Waals surface area contributed by atoms with Crippen LogP contribution in [0.2, 0.25) is 0 Å². The van der Waals surface area contributed by atoms with Crippen LogP contribution >= 0.6 is 0 Å². The van der Waals surface area contributed by atoms with E-state index < -0.39 is 23.6 Å². The molecule has 2 unspecified atom stereocenters. The number of rotatable bonds is 5. The summed E-state index contributed by atoms with van der Waals surface area (Å²) in [6, 6.07) is 1.67. The van der Waals surface area contributed by atoms with E-state index in [-0.39, 0.29) is 11.5 Å². The van der Waals surface area contributed by atoms with Crippen LogP contribution in [-0.4, -0.2) is 0 Å². The van der Waals surface area contributed by atoms with Crippen LogP contribution in [0.25, 0.3) is 0 Å². The van der Waals surface area contributed by atoms with E-state index in [0.29, 0.717) is 6.42 Å². The first-order chi connectivity index (χ1) is 8.75. The molecule has 19 heavy (non-hydrogen) atoms. The van der Waals surface area contributed by atoms with Gasteiger partial charge in [0.2, 0.25) is 0 Å². The lowest BCUT2D eigenvalue weighted by Gasteiger charge is -2.21. The summed E-state index contributed by atoms with van der Waals surface area (Å²) < 4.78 is 51.7. The Hall–Kier alpha value is -1.10. The standard InChI is InChI=1S/C14H19F4N/c1-3-4-9(2)7-13(19)11-8-10(15)5-6-12(11)14(16,17)18/h5-6,8-9,13H,3-4,7,19H2,1-2H3. The minimum Gasteiger partial charge on any atom is -0.324 e. The van der Waals surface area contributed by atoms with E-state index in [9.17, 15) is 17.6 Å². The minimum atomic E-state index is -4.51. The molecule has 1 rings (SSSR count). The first-order valence-electron chi connectivity index (χ1n) is 6.38. The van der Waals surface area contributed by atoms with Crippen molar-refractivity contribution in [3.63, 3.8) is 0 Å². The number of hydrogen-bond acceptors (Lipinski definition) is 1. The van der Waals surface area contributed by atoms with Crippen molar-refractivity contribution in [2.24, 2.45) is 11.7 Å². The summed E-state index contributed by atoms with van der Waals surface area (Å²) in [6.45, 7) is 3.95. The first kappa shape index (κ1) is 16.0. The molecule has 0 amide bonds. The van der Waals surface area contributed by atoms with Crippen LogP contribution in [-0.2, 0) is 6.18 Å². The highest BCUT2D eigenvalue weighted by molar-refractivity contribution is 5.33. The van der Waals surface area contributed by atoms with E-state index >= 15 is 0 Å². The van der Waals surface area contributed by atoms with Crippen molar-refractivity contribution < 1.29 is 17.6 Å². The van der Waals surface area contributed by atoms with Gasteiger partial charge in [0.15, 0.2) is 0 Å². The lowest BCUT2D eigenvalue weighted by Crippen LogP contribution is -2.20. The zero-order valence-electron chi connectivity index (χ0n) is 11.1. The van der Waals surface area contributed by atoms with E-state index in [1.165, 1.54) is 0 Å². The number of halogens is 4. The molecule has 1 aromatic rings. The van der Waals surface area contributed by atoms with Gasteiger partial charge in [-0.05, 0) is 36.1 Å². The average molecular weight is 277 g/mol. The maximum Gasteiger partial charge on any atom is 0.416 e. The van der Waals surface area contributed by atoms with Gasteiger partial charge in [-0.3, -0.25) is 0 Å². The van der Waals surface area contributed by atoms with E-state index in [2.05, 4.69) is 0 Å². The molecule has 0 aliphatic rings. The molecular formula is C14H19F4N. The molecule has 0 saturated carbocycles. The topological polar surface area (TPSA) is 26.0 Å². The van der Waals surface area contributed by atoms with Crippen molar-refractivity contribution in [2.45, 2.75) is 45.3 Å². The lowest BCUT2D eigenvalue weighted by molar-refractivity contribution is -0.138. The highest BCUT2D eigenvalue weighted by Gasteiger charge is 2.34. The quantitative estimate of drug-likeness (QED) is 0.777. The van der Waals surface area contributed by atoms with Crippen LogP contribution in [0.5, 0.6) is 0 Å². The molecule has 0 fully saturated rings. The summed E-state index contributed by atoms with van der Waals surface area (Å²) >= 11 is 0. The van der Waals surface area contributed by atoms with E-state index in [4.69, 9.17) is 5.73 Å². The van der Waals surface area contributed by atoms with Crippen molar-refractivity contribution in [3.8, 4) is 0 Å². The average Bonchev–Trinajstić information content (AvgIpc) is 2.27. The van der Waals surface area contributed by atoms with Gasteiger partial charge in [0, 0.05) is 6.04 Å². The largest absolute Gasteiger partial charge is 0.416 e. The normalized spacial score (nSPS) is 15.3. The predicted octanol–water partition coefficient (Wildman–Crippen LogP) is 4.67. The third-order valence-electron chi connectivity index (χ3n) is 3.16. The molecule has 1 aromatic carbocycles. The third kappa shape index (κ3) is 4.49. The molecular weight excluding hydrogens is 258 g/mol. The van der Waals surface area contributed by atoms with Crippen LogP contribution in [0.15, 0.2) is 18.2 Å². The van der Waals surface area contributed by atoms with Crippen molar-refractivity contribution in [2.75, 3.05) is 0 Å². The predicted molar refractivity (Wildman–Crippen MR) is 67.0 cm³/mol. The van der Waals surface area contributed by atoms with Crippen LogP contribution < -0.4 is 5.73 Å². The van der Waals surface area contributed by atoms with Gasteiger partial charge in [-0.15, -0.1) is 0 Å². The fourth-order valence-corrected chi connectivity index (χ4v) is 2.27. The molecule has 2 atom stereocenters.